The van der Waals surface area contributed by atoms with Gasteiger partial charge in [0.05, 0.1) is 23.4 Å². The second-order valence-corrected chi connectivity index (χ2v) is 5.39. The topological polar surface area (TPSA) is 48.1 Å². The van der Waals surface area contributed by atoms with Crippen LogP contribution >= 0.6 is 11.3 Å². The first kappa shape index (κ1) is 12.0. The van der Waals surface area contributed by atoms with Gasteiger partial charge in [-0.2, -0.15) is 0 Å². The summed E-state index contributed by atoms with van der Waals surface area (Å²) in [5, 5.41) is 3.29. The molecule has 0 spiro atoms. The Hall–Kier alpha value is -0.450. The second kappa shape index (κ2) is 5.75. The van der Waals surface area contributed by atoms with Crippen LogP contribution in [0.25, 0.3) is 0 Å². The quantitative estimate of drug-likeness (QED) is 0.879. The summed E-state index contributed by atoms with van der Waals surface area (Å²) in [6.07, 6.45) is 5.86. The smallest absolute Gasteiger partial charge is 0.0926 e. The van der Waals surface area contributed by atoms with Crippen LogP contribution in [-0.2, 0) is 17.8 Å². The third kappa shape index (κ3) is 3.27. The van der Waals surface area contributed by atoms with Crippen LogP contribution in [0, 0.1) is 0 Å². The van der Waals surface area contributed by atoms with E-state index in [0.29, 0.717) is 18.8 Å². The van der Waals surface area contributed by atoms with Crippen molar-refractivity contribution in [2.75, 3.05) is 0 Å². The first-order valence-corrected chi connectivity index (χ1v) is 6.96. The average Bonchev–Trinajstić information content (AvgIpc) is 2.74. The van der Waals surface area contributed by atoms with Crippen molar-refractivity contribution >= 4 is 11.3 Å². The van der Waals surface area contributed by atoms with Gasteiger partial charge in [0.15, 0.2) is 0 Å². The number of rotatable bonds is 4. The zero-order valence-corrected chi connectivity index (χ0v) is 10.6. The van der Waals surface area contributed by atoms with E-state index >= 15 is 0 Å². The van der Waals surface area contributed by atoms with E-state index in [-0.39, 0.29) is 0 Å². The number of aromatic nitrogens is 1. The largest absolute Gasteiger partial charge is 0.372 e. The van der Waals surface area contributed by atoms with Gasteiger partial charge in [-0.05, 0) is 32.1 Å². The van der Waals surface area contributed by atoms with E-state index < -0.39 is 0 Å². The molecule has 16 heavy (non-hydrogen) atoms. The molecule has 1 aromatic heterocycles. The number of nitrogens with zero attached hydrogens (tertiary/aromatic N) is 1. The zero-order chi connectivity index (χ0) is 11.4. The summed E-state index contributed by atoms with van der Waals surface area (Å²) in [6.45, 7) is 2.78. The molecule has 0 radical (unpaired) electrons. The van der Waals surface area contributed by atoms with Gasteiger partial charge in [-0.1, -0.05) is 6.92 Å². The summed E-state index contributed by atoms with van der Waals surface area (Å²) in [6, 6.07) is 0.334. The van der Waals surface area contributed by atoms with E-state index in [1.807, 2.05) is 0 Å². The second-order valence-electron chi connectivity index (χ2n) is 4.45. The predicted octanol–water partition coefficient (Wildman–Crippen LogP) is 2.49. The Bertz CT molecular complexity index is 327. The zero-order valence-electron chi connectivity index (χ0n) is 9.82. The Labute approximate surface area is 101 Å². The van der Waals surface area contributed by atoms with Crippen LogP contribution in [0.5, 0.6) is 0 Å². The van der Waals surface area contributed by atoms with E-state index in [4.69, 9.17) is 10.5 Å². The molecule has 1 aromatic rings. The molecule has 4 heteroatoms. The molecule has 2 atom stereocenters. The van der Waals surface area contributed by atoms with E-state index in [2.05, 4.69) is 17.3 Å². The van der Waals surface area contributed by atoms with Gasteiger partial charge < -0.3 is 10.5 Å². The SMILES string of the molecule is CCc1nc(COC2CCCC(N)C2)cs1. The van der Waals surface area contributed by atoms with E-state index in [1.165, 1.54) is 11.4 Å². The van der Waals surface area contributed by atoms with Crippen LogP contribution in [-0.4, -0.2) is 17.1 Å². The normalized spacial score (nSPS) is 25.9. The van der Waals surface area contributed by atoms with Gasteiger partial charge in [-0.15, -0.1) is 11.3 Å². The lowest BCUT2D eigenvalue weighted by Crippen LogP contribution is -2.32. The molecule has 1 saturated carbocycles. The lowest BCUT2D eigenvalue weighted by molar-refractivity contribution is 0.0109. The fraction of sp³-hybridized carbons (Fsp3) is 0.750. The number of hydrogen-bond acceptors (Lipinski definition) is 4. The van der Waals surface area contributed by atoms with E-state index in [1.54, 1.807) is 11.3 Å². The van der Waals surface area contributed by atoms with Crippen LogP contribution in [0.1, 0.15) is 43.3 Å². The number of nitrogens with two attached hydrogens (primary N) is 1. The van der Waals surface area contributed by atoms with Crippen molar-refractivity contribution < 1.29 is 4.74 Å². The summed E-state index contributed by atoms with van der Waals surface area (Å²) in [5.74, 6) is 0. The molecule has 1 aliphatic rings. The number of aryl methyl sites for hydroxylation is 1. The monoisotopic (exact) mass is 240 g/mol. The molecule has 1 aliphatic carbocycles. The molecule has 0 aliphatic heterocycles. The van der Waals surface area contributed by atoms with Gasteiger partial charge in [-0.3, -0.25) is 0 Å². The summed E-state index contributed by atoms with van der Waals surface area (Å²) in [4.78, 5) is 4.49. The molecule has 2 unspecified atom stereocenters. The maximum Gasteiger partial charge on any atom is 0.0926 e. The van der Waals surface area contributed by atoms with Crippen LogP contribution in [0.3, 0.4) is 0 Å². The molecule has 90 valence electrons. The van der Waals surface area contributed by atoms with Gasteiger partial charge in [0.2, 0.25) is 0 Å². The highest BCUT2D eigenvalue weighted by Crippen LogP contribution is 2.21. The highest BCUT2D eigenvalue weighted by atomic mass is 32.1. The van der Waals surface area contributed by atoms with Crippen molar-refractivity contribution in [2.45, 2.75) is 57.8 Å². The van der Waals surface area contributed by atoms with Crippen LogP contribution < -0.4 is 5.73 Å². The summed E-state index contributed by atoms with van der Waals surface area (Å²) in [7, 11) is 0. The third-order valence-electron chi connectivity index (χ3n) is 3.04. The van der Waals surface area contributed by atoms with Crippen molar-refractivity contribution in [3.05, 3.63) is 16.1 Å². The lowest BCUT2D eigenvalue weighted by atomic mass is 9.94. The van der Waals surface area contributed by atoms with E-state index in [0.717, 1.165) is 31.4 Å². The van der Waals surface area contributed by atoms with Crippen LogP contribution in [0.2, 0.25) is 0 Å². The predicted molar refractivity (Wildman–Crippen MR) is 66.5 cm³/mol. The number of hydrogen-bond donors (Lipinski definition) is 1. The van der Waals surface area contributed by atoms with Crippen LogP contribution in [0.4, 0.5) is 0 Å². The minimum absolute atomic E-state index is 0.334. The Kier molecular flexibility index (Phi) is 4.32. The van der Waals surface area contributed by atoms with Crippen molar-refractivity contribution in [2.24, 2.45) is 5.73 Å². The first-order chi connectivity index (χ1) is 7.78. The molecule has 2 N–H and O–H groups in total. The minimum atomic E-state index is 0.334. The molecule has 0 bridgehead atoms. The molecule has 0 aromatic carbocycles. The molecule has 0 amide bonds. The summed E-state index contributed by atoms with van der Waals surface area (Å²) < 4.78 is 5.86. The molecule has 3 nitrogen and oxygen atoms in total. The number of thiazole rings is 1. The highest BCUT2D eigenvalue weighted by Gasteiger charge is 2.19. The van der Waals surface area contributed by atoms with Crippen molar-refractivity contribution in [1.29, 1.82) is 0 Å². The minimum Gasteiger partial charge on any atom is -0.372 e. The van der Waals surface area contributed by atoms with Gasteiger partial charge in [0, 0.05) is 11.4 Å². The van der Waals surface area contributed by atoms with Gasteiger partial charge in [0.1, 0.15) is 0 Å². The molecule has 2 rings (SSSR count). The molecule has 1 heterocycles. The highest BCUT2D eigenvalue weighted by molar-refractivity contribution is 7.09. The Morgan fingerprint density at radius 2 is 2.44 bits per heavy atom. The van der Waals surface area contributed by atoms with Gasteiger partial charge in [-0.25, -0.2) is 4.98 Å². The first-order valence-electron chi connectivity index (χ1n) is 6.08. The van der Waals surface area contributed by atoms with Crippen molar-refractivity contribution in [3.63, 3.8) is 0 Å². The Morgan fingerprint density at radius 3 is 3.12 bits per heavy atom. The third-order valence-corrected chi connectivity index (χ3v) is 4.08. The maximum atomic E-state index is 5.93. The lowest BCUT2D eigenvalue weighted by Gasteiger charge is -2.26. The molecular weight excluding hydrogens is 220 g/mol. The maximum absolute atomic E-state index is 5.93. The fourth-order valence-corrected chi connectivity index (χ4v) is 2.84. The molecular formula is C12H20N2OS. The van der Waals surface area contributed by atoms with Gasteiger partial charge in [0.25, 0.3) is 0 Å². The summed E-state index contributed by atoms with van der Waals surface area (Å²) in [5.41, 5.74) is 7.00. The number of ether oxygens (including phenoxy) is 1. The Balaban J connectivity index is 1.78. The van der Waals surface area contributed by atoms with Crippen LogP contribution in [0.15, 0.2) is 5.38 Å². The van der Waals surface area contributed by atoms with Crippen molar-refractivity contribution in [1.82, 2.24) is 4.98 Å². The Morgan fingerprint density at radius 1 is 1.56 bits per heavy atom. The van der Waals surface area contributed by atoms with Crippen molar-refractivity contribution in [3.8, 4) is 0 Å². The van der Waals surface area contributed by atoms with E-state index in [9.17, 15) is 0 Å². The standard InChI is InChI=1S/C12H20N2OS/c1-2-12-14-10(8-16-12)7-15-11-5-3-4-9(13)6-11/h8-9,11H,2-7,13H2,1H3. The van der Waals surface area contributed by atoms with Gasteiger partial charge >= 0.3 is 0 Å². The fourth-order valence-electron chi connectivity index (χ4n) is 2.11. The average molecular weight is 240 g/mol. The summed E-state index contributed by atoms with van der Waals surface area (Å²) >= 11 is 1.72. The molecule has 0 saturated heterocycles. The molecule has 1 fully saturated rings.